The van der Waals surface area contributed by atoms with Gasteiger partial charge in [-0.2, -0.15) is 0 Å². The van der Waals surface area contributed by atoms with Crippen LogP contribution in [0.2, 0.25) is 0 Å². The molecule has 72 valence electrons. The number of methoxy groups -OCH3 is 1. The third-order valence-corrected chi connectivity index (χ3v) is 1.06. The molecule has 0 fully saturated rings. The number of hydrogen-bond donors (Lipinski definition) is 0. The molecule has 0 spiro atoms. The van der Waals surface area contributed by atoms with Crippen LogP contribution in [0.25, 0.3) is 0 Å². The first kappa shape index (κ1) is 8.74. The first-order chi connectivity index (χ1) is 7.52. The second kappa shape index (κ2) is 9.24. The maximum atomic E-state index is 10.6. The van der Waals surface area contributed by atoms with Gasteiger partial charge in [-0.3, -0.25) is 4.79 Å². The number of rotatable bonds is 1. The Morgan fingerprint density at radius 2 is 2.00 bits per heavy atom. The topological polar surface area (TPSA) is 26.3 Å². The van der Waals surface area contributed by atoms with Gasteiger partial charge in [-0.25, -0.2) is 0 Å². The zero-order valence-electron chi connectivity index (χ0n) is 10.2. The Morgan fingerprint density at radius 1 is 1.29 bits per heavy atom. The highest BCUT2D eigenvalue weighted by molar-refractivity contribution is 5.72. The van der Waals surface area contributed by atoms with Crippen LogP contribution in [-0.4, -0.2) is 13.1 Å². The van der Waals surface area contributed by atoms with E-state index >= 15 is 0 Å². The zero-order chi connectivity index (χ0) is 12.4. The average molecular weight is 190 g/mol. The van der Waals surface area contributed by atoms with Crippen molar-refractivity contribution < 1.29 is 12.3 Å². The van der Waals surface area contributed by atoms with Crippen LogP contribution < -0.4 is 0 Å². The molecule has 0 N–H and O–H groups in total. The highest BCUT2D eigenvalue weighted by atomic mass is 16.5. The minimum atomic E-state index is -1.85. The van der Waals surface area contributed by atoms with Gasteiger partial charge in [-0.1, -0.05) is 24.7 Å². The summed E-state index contributed by atoms with van der Waals surface area (Å²) in [6, 6.07) is 0. The van der Waals surface area contributed by atoms with E-state index in [9.17, 15) is 4.79 Å². The number of carbonyl (C=O) groups excluding carboxylic acids is 1. The molecule has 0 saturated carbocycles. The van der Waals surface area contributed by atoms with E-state index in [0.29, 0.717) is 6.42 Å². The minimum absolute atomic E-state index is 0.0468. The molecular weight excluding hydrogens is 176 g/mol. The summed E-state index contributed by atoms with van der Waals surface area (Å²) in [5, 5.41) is 0. The lowest BCUT2D eigenvalue weighted by Crippen LogP contribution is -1.96. The molecule has 0 amide bonds. The Morgan fingerprint density at radius 3 is 2.64 bits per heavy atom. The molecule has 0 saturated heterocycles. The van der Waals surface area contributed by atoms with Gasteiger partial charge in [0.1, 0.15) is 6.42 Å². The predicted molar refractivity (Wildman–Crippen MR) is 54.9 cm³/mol. The molecule has 0 bridgehead atoms. The first-order valence-electron chi connectivity index (χ1n) is 5.08. The highest BCUT2D eigenvalue weighted by Crippen LogP contribution is 1.79. The second-order valence-corrected chi connectivity index (χ2v) is 2.09. The van der Waals surface area contributed by atoms with Crippen LogP contribution in [0.4, 0.5) is 0 Å². The van der Waals surface area contributed by atoms with Crippen molar-refractivity contribution in [3.63, 3.8) is 0 Å². The number of hydrogen-bond acceptors (Lipinski definition) is 2. The Balaban J connectivity index is 4.34. The van der Waals surface area contributed by atoms with Crippen LogP contribution in [0.5, 0.6) is 0 Å². The fourth-order valence-corrected chi connectivity index (χ4v) is 0.459. The summed E-state index contributed by atoms with van der Waals surface area (Å²) in [5.41, 5.74) is 0. The van der Waals surface area contributed by atoms with Crippen molar-refractivity contribution in [2.24, 2.45) is 0 Å². The van der Waals surface area contributed by atoms with Crippen molar-refractivity contribution >= 4 is 5.97 Å². The summed E-state index contributed by atoms with van der Waals surface area (Å²) in [6.07, 6.45) is -1.32. The molecule has 2 heteroatoms. The third kappa shape index (κ3) is 8.25. The summed E-state index contributed by atoms with van der Waals surface area (Å²) in [6.45, 7) is 1.83. The Hall–Kier alpha value is -1.85. The van der Waals surface area contributed by atoms with Crippen LogP contribution in [-0.2, 0) is 9.53 Å². The van der Waals surface area contributed by atoms with Crippen molar-refractivity contribution in [1.82, 2.24) is 0 Å². The average Bonchev–Trinajstić information content (AvgIpc) is 2.25. The highest BCUT2D eigenvalue weighted by Gasteiger charge is 1.91. The van der Waals surface area contributed by atoms with E-state index in [1.54, 1.807) is 0 Å². The summed E-state index contributed by atoms with van der Waals surface area (Å²) in [7, 11) is 1.27. The van der Waals surface area contributed by atoms with E-state index in [2.05, 4.69) is 40.3 Å². The lowest BCUT2D eigenvalue weighted by atomic mass is 10.4. The molecule has 2 nitrogen and oxygen atoms in total. The summed E-state index contributed by atoms with van der Waals surface area (Å²) < 4.78 is 19.1. The number of ether oxygens (including phenoxy) is 1. The molecule has 14 heavy (non-hydrogen) atoms. The molecule has 0 aliphatic carbocycles. The Labute approximate surface area is 87.8 Å². The molecule has 0 aromatic heterocycles. The van der Waals surface area contributed by atoms with Crippen molar-refractivity contribution in [1.29, 1.82) is 0 Å². The van der Waals surface area contributed by atoms with Crippen LogP contribution in [0.3, 0.4) is 0 Å². The smallest absolute Gasteiger partial charge is 0.317 e. The molecule has 0 atom stereocenters. The molecule has 0 radical (unpaired) electrons. The van der Waals surface area contributed by atoms with Crippen molar-refractivity contribution in [2.45, 2.75) is 26.1 Å². The fraction of sp³-hybridized carbons (Fsp3) is 0.417. The molecule has 0 aromatic rings. The molecule has 0 unspecified atom stereocenters. The van der Waals surface area contributed by atoms with E-state index in [4.69, 9.17) is 2.74 Å². The normalized spacial score (nSPS) is 9.86. The van der Waals surface area contributed by atoms with Crippen LogP contribution in [0.1, 0.15) is 28.9 Å². The van der Waals surface area contributed by atoms with Crippen LogP contribution in [0, 0.1) is 35.5 Å². The molecule has 0 aromatic carbocycles. The van der Waals surface area contributed by atoms with Crippen molar-refractivity contribution in [3.05, 3.63) is 0 Å². The summed E-state index contributed by atoms with van der Waals surface area (Å²) in [5.74, 6) is 13.9. The Kier molecular flexibility index (Phi) is 5.77. The first-order valence-corrected chi connectivity index (χ1v) is 4.08. The molecule has 0 aliphatic rings. The molecular formula is C12H12O2. The van der Waals surface area contributed by atoms with E-state index in [-0.39, 0.29) is 6.42 Å². The SMILES string of the molecule is [2H]C([2H])(C#CC#CCC(=O)OC)C#CCC. The lowest BCUT2D eigenvalue weighted by molar-refractivity contribution is -0.139. The van der Waals surface area contributed by atoms with E-state index in [0.717, 1.165) is 0 Å². The Bertz CT molecular complexity index is 419. The third-order valence-electron chi connectivity index (χ3n) is 1.06. The van der Waals surface area contributed by atoms with E-state index in [1.165, 1.54) is 7.11 Å². The van der Waals surface area contributed by atoms with Crippen LogP contribution in [0.15, 0.2) is 0 Å². The van der Waals surface area contributed by atoms with Crippen LogP contribution >= 0.6 is 0 Å². The summed E-state index contributed by atoms with van der Waals surface area (Å²) in [4.78, 5) is 10.6. The van der Waals surface area contributed by atoms with Gasteiger partial charge < -0.3 is 4.74 Å². The van der Waals surface area contributed by atoms with Gasteiger partial charge in [0.2, 0.25) is 0 Å². The van der Waals surface area contributed by atoms with Gasteiger partial charge >= 0.3 is 5.97 Å². The monoisotopic (exact) mass is 190 g/mol. The standard InChI is InChI=1S/C12H12O2/c1-3-4-5-6-7-8-9-10-11-12(13)14-2/h3,6,11H2,1-2H3/i6D2. The van der Waals surface area contributed by atoms with Crippen molar-refractivity contribution in [2.75, 3.05) is 7.11 Å². The lowest BCUT2D eigenvalue weighted by Gasteiger charge is -1.87. The molecule has 0 heterocycles. The maximum Gasteiger partial charge on any atom is 0.317 e. The molecule has 0 rings (SSSR count). The van der Waals surface area contributed by atoms with Gasteiger partial charge in [0.25, 0.3) is 0 Å². The van der Waals surface area contributed by atoms with Gasteiger partial charge in [0.15, 0.2) is 0 Å². The largest absolute Gasteiger partial charge is 0.468 e. The second-order valence-electron chi connectivity index (χ2n) is 2.09. The van der Waals surface area contributed by atoms with Gasteiger partial charge in [0.05, 0.1) is 16.2 Å². The number of carbonyl (C=O) groups is 1. The predicted octanol–water partition coefficient (Wildman–Crippen LogP) is 1.36. The van der Waals surface area contributed by atoms with E-state index in [1.807, 2.05) is 6.92 Å². The van der Waals surface area contributed by atoms with E-state index < -0.39 is 12.3 Å². The maximum absolute atomic E-state index is 10.6. The van der Waals surface area contributed by atoms with Gasteiger partial charge in [0, 0.05) is 6.42 Å². The zero-order valence-corrected chi connectivity index (χ0v) is 8.23. The molecule has 0 aliphatic heterocycles. The van der Waals surface area contributed by atoms with Gasteiger partial charge in [-0.05, 0) is 11.8 Å². The minimum Gasteiger partial charge on any atom is -0.468 e. The number of esters is 1. The van der Waals surface area contributed by atoms with Crippen molar-refractivity contribution in [3.8, 4) is 35.5 Å². The quantitative estimate of drug-likeness (QED) is 0.461. The summed E-state index contributed by atoms with van der Waals surface area (Å²) >= 11 is 0. The van der Waals surface area contributed by atoms with Gasteiger partial charge in [-0.15, -0.1) is 5.92 Å². The fourth-order valence-electron chi connectivity index (χ4n) is 0.459.